The molecule has 0 spiro atoms. The fourth-order valence-electron chi connectivity index (χ4n) is 5.01. The highest BCUT2D eigenvalue weighted by Crippen LogP contribution is 2.35. The van der Waals surface area contributed by atoms with Crippen LogP contribution in [0.3, 0.4) is 0 Å². The number of ether oxygens (including phenoxy) is 1. The third kappa shape index (κ3) is 5.06. The molecular formula is C30H32FN3O2. The van der Waals surface area contributed by atoms with Gasteiger partial charge in [0, 0.05) is 53.6 Å². The normalized spacial score (nSPS) is 14.8. The molecule has 0 saturated carbocycles. The number of aryl methyl sites for hydroxylation is 1. The first-order chi connectivity index (χ1) is 17.3. The van der Waals surface area contributed by atoms with Gasteiger partial charge in [-0.05, 0) is 74.4 Å². The van der Waals surface area contributed by atoms with Gasteiger partial charge in [0.25, 0.3) is 5.91 Å². The summed E-state index contributed by atoms with van der Waals surface area (Å²) in [5, 5.41) is 4.21. The first-order valence-electron chi connectivity index (χ1n) is 12.4. The van der Waals surface area contributed by atoms with Crippen LogP contribution >= 0.6 is 0 Å². The van der Waals surface area contributed by atoms with Crippen molar-refractivity contribution in [2.75, 3.05) is 32.8 Å². The fourth-order valence-corrected chi connectivity index (χ4v) is 5.01. The number of nitrogens with one attached hydrogen (secondary N) is 1. The van der Waals surface area contributed by atoms with E-state index in [1.165, 1.54) is 12.1 Å². The molecule has 0 bridgehead atoms. The summed E-state index contributed by atoms with van der Waals surface area (Å²) in [5.41, 5.74) is 5.35. The van der Waals surface area contributed by atoms with E-state index in [4.69, 9.17) is 4.74 Å². The highest BCUT2D eigenvalue weighted by molar-refractivity contribution is 6.04. The summed E-state index contributed by atoms with van der Waals surface area (Å²) in [6.45, 7) is 10.2. The Morgan fingerprint density at radius 2 is 1.72 bits per heavy atom. The summed E-state index contributed by atoms with van der Waals surface area (Å²) in [4.78, 5) is 15.7. The molecule has 5 rings (SSSR count). The van der Waals surface area contributed by atoms with Crippen molar-refractivity contribution >= 4 is 16.8 Å². The Kier molecular flexibility index (Phi) is 6.65. The maximum absolute atomic E-state index is 13.6. The van der Waals surface area contributed by atoms with Gasteiger partial charge in [0.1, 0.15) is 5.82 Å². The van der Waals surface area contributed by atoms with Crippen molar-refractivity contribution in [1.29, 1.82) is 0 Å². The zero-order valence-corrected chi connectivity index (χ0v) is 21.1. The number of halogens is 1. The van der Waals surface area contributed by atoms with Crippen LogP contribution < -0.4 is 5.32 Å². The Balaban J connectivity index is 1.52. The van der Waals surface area contributed by atoms with E-state index in [2.05, 4.69) is 53.9 Å². The lowest BCUT2D eigenvalue weighted by Gasteiger charge is -2.35. The van der Waals surface area contributed by atoms with Gasteiger partial charge in [-0.2, -0.15) is 0 Å². The zero-order chi connectivity index (χ0) is 25.3. The average Bonchev–Trinajstić information content (AvgIpc) is 3.23. The molecule has 3 aromatic carbocycles. The molecule has 0 atom stereocenters. The third-order valence-corrected chi connectivity index (χ3v) is 6.78. The van der Waals surface area contributed by atoms with Gasteiger partial charge in [-0.25, -0.2) is 4.39 Å². The van der Waals surface area contributed by atoms with Crippen molar-refractivity contribution in [3.8, 4) is 16.8 Å². The second-order valence-electron chi connectivity index (χ2n) is 10.2. The lowest BCUT2D eigenvalue weighted by molar-refractivity contribution is 0.0269. The van der Waals surface area contributed by atoms with Crippen molar-refractivity contribution in [3.05, 3.63) is 89.9 Å². The number of carbonyl (C=O) groups excluding carboxylic acids is 1. The highest BCUT2D eigenvalue weighted by atomic mass is 19.1. The Hall–Kier alpha value is -3.48. The molecule has 1 N–H and O–H groups in total. The summed E-state index contributed by atoms with van der Waals surface area (Å²) < 4.78 is 21.1. The van der Waals surface area contributed by atoms with Gasteiger partial charge in [0.05, 0.1) is 18.7 Å². The molecule has 1 aromatic heterocycles. The Bertz CT molecular complexity index is 1390. The van der Waals surface area contributed by atoms with E-state index in [-0.39, 0.29) is 17.3 Å². The molecule has 6 heteroatoms. The number of hydrogen-bond donors (Lipinski definition) is 1. The van der Waals surface area contributed by atoms with Crippen LogP contribution in [0.4, 0.5) is 4.39 Å². The topological polar surface area (TPSA) is 46.5 Å². The van der Waals surface area contributed by atoms with Gasteiger partial charge >= 0.3 is 0 Å². The average molecular weight is 486 g/mol. The predicted octanol–water partition coefficient (Wildman–Crippen LogP) is 5.59. The Morgan fingerprint density at radius 1 is 1.00 bits per heavy atom. The predicted molar refractivity (Wildman–Crippen MR) is 142 cm³/mol. The fraction of sp³-hybridized carbons (Fsp3) is 0.300. The third-order valence-electron chi connectivity index (χ3n) is 6.78. The number of rotatable bonds is 6. The van der Waals surface area contributed by atoms with Crippen LogP contribution in [0, 0.1) is 12.7 Å². The molecule has 0 aliphatic carbocycles. The molecule has 0 unspecified atom stereocenters. The van der Waals surface area contributed by atoms with Crippen LogP contribution in [0.2, 0.25) is 0 Å². The minimum atomic E-state index is -0.387. The quantitative estimate of drug-likeness (QED) is 0.388. The number of aromatic nitrogens is 1. The molecule has 1 aliphatic rings. The largest absolute Gasteiger partial charge is 0.379 e. The Labute approximate surface area is 211 Å². The number of nitrogens with zero attached hydrogens (tertiary/aromatic N) is 2. The maximum Gasteiger partial charge on any atom is 0.251 e. The summed E-state index contributed by atoms with van der Waals surface area (Å²) >= 11 is 0. The lowest BCUT2D eigenvalue weighted by Crippen LogP contribution is -2.53. The van der Waals surface area contributed by atoms with Crippen molar-refractivity contribution in [2.24, 2.45) is 0 Å². The first kappa shape index (κ1) is 24.2. The second kappa shape index (κ2) is 9.88. The number of morpholine rings is 1. The van der Waals surface area contributed by atoms with Crippen LogP contribution in [0.1, 0.15) is 29.8 Å². The van der Waals surface area contributed by atoms with Gasteiger partial charge in [0.2, 0.25) is 0 Å². The molecule has 4 aromatic rings. The minimum absolute atomic E-state index is 0.0968. The molecule has 186 valence electrons. The van der Waals surface area contributed by atoms with Crippen molar-refractivity contribution < 1.29 is 13.9 Å². The van der Waals surface area contributed by atoms with Gasteiger partial charge in [0.15, 0.2) is 0 Å². The van der Waals surface area contributed by atoms with E-state index in [9.17, 15) is 9.18 Å². The summed E-state index contributed by atoms with van der Waals surface area (Å²) in [5.74, 6) is -0.367. The minimum Gasteiger partial charge on any atom is -0.379 e. The number of amides is 1. The molecule has 1 aliphatic heterocycles. The maximum atomic E-state index is 13.6. The van der Waals surface area contributed by atoms with Gasteiger partial charge in [-0.15, -0.1) is 0 Å². The lowest BCUT2D eigenvalue weighted by atomic mass is 9.98. The van der Waals surface area contributed by atoms with E-state index in [1.807, 2.05) is 30.3 Å². The zero-order valence-electron chi connectivity index (χ0n) is 21.1. The first-order valence-corrected chi connectivity index (χ1v) is 12.4. The van der Waals surface area contributed by atoms with Crippen LogP contribution in [0.15, 0.2) is 72.9 Å². The SMILES string of the molecule is Cc1ccccc1-c1cn(-c2ccc(F)cc2)c2ccc(C(=O)NC(C)(C)CN3CCOCC3)cc12. The molecule has 0 radical (unpaired) electrons. The van der Waals surface area contributed by atoms with Gasteiger partial charge in [-0.1, -0.05) is 24.3 Å². The summed E-state index contributed by atoms with van der Waals surface area (Å²) in [7, 11) is 0. The van der Waals surface area contributed by atoms with Crippen LogP contribution in [0.25, 0.3) is 27.7 Å². The van der Waals surface area contributed by atoms with Crippen LogP contribution in [-0.2, 0) is 4.74 Å². The van der Waals surface area contributed by atoms with Crippen molar-refractivity contribution in [3.63, 3.8) is 0 Å². The van der Waals surface area contributed by atoms with E-state index in [1.54, 1.807) is 12.1 Å². The number of benzene rings is 3. The van der Waals surface area contributed by atoms with E-state index in [0.29, 0.717) is 5.56 Å². The molecule has 1 amide bonds. The van der Waals surface area contributed by atoms with E-state index in [0.717, 1.165) is 66.1 Å². The molecular weight excluding hydrogens is 453 g/mol. The van der Waals surface area contributed by atoms with Crippen molar-refractivity contribution in [2.45, 2.75) is 26.3 Å². The highest BCUT2D eigenvalue weighted by Gasteiger charge is 2.26. The molecule has 1 fully saturated rings. The monoisotopic (exact) mass is 485 g/mol. The number of fused-ring (bicyclic) bond motifs is 1. The molecule has 36 heavy (non-hydrogen) atoms. The van der Waals surface area contributed by atoms with E-state index >= 15 is 0 Å². The second-order valence-corrected chi connectivity index (χ2v) is 10.2. The summed E-state index contributed by atoms with van der Waals surface area (Å²) in [6, 6.07) is 20.5. The molecule has 5 nitrogen and oxygen atoms in total. The smallest absolute Gasteiger partial charge is 0.251 e. The van der Waals surface area contributed by atoms with E-state index < -0.39 is 0 Å². The molecule has 2 heterocycles. The molecule has 1 saturated heterocycles. The number of carbonyl (C=O) groups is 1. The number of hydrogen-bond acceptors (Lipinski definition) is 3. The Morgan fingerprint density at radius 3 is 2.44 bits per heavy atom. The van der Waals surface area contributed by atoms with Crippen molar-refractivity contribution in [1.82, 2.24) is 14.8 Å². The van der Waals surface area contributed by atoms with Crippen LogP contribution in [-0.4, -0.2) is 53.8 Å². The standard InChI is InChI=1S/C30H32FN3O2/c1-21-6-4-5-7-25(21)27-19-34(24-11-9-23(31)10-12-24)28-13-8-22(18-26(27)28)29(35)32-30(2,3)20-33-14-16-36-17-15-33/h4-13,18-19H,14-17,20H2,1-3H3,(H,32,35). The van der Waals surface area contributed by atoms with Crippen LogP contribution in [0.5, 0.6) is 0 Å². The summed E-state index contributed by atoms with van der Waals surface area (Å²) in [6.07, 6.45) is 2.07. The van der Waals surface area contributed by atoms with Gasteiger partial charge < -0.3 is 14.6 Å². The van der Waals surface area contributed by atoms with Gasteiger partial charge in [-0.3, -0.25) is 9.69 Å².